The van der Waals surface area contributed by atoms with Crippen molar-refractivity contribution in [2.45, 2.75) is 18.8 Å². The second-order valence-electron chi connectivity index (χ2n) is 5.42. The van der Waals surface area contributed by atoms with E-state index < -0.39 is 0 Å². The molecule has 120 valence electrons. The third-order valence-electron chi connectivity index (χ3n) is 3.94. The summed E-state index contributed by atoms with van der Waals surface area (Å²) in [5.74, 6) is 0.806. The van der Waals surface area contributed by atoms with Gasteiger partial charge in [-0.2, -0.15) is 9.97 Å². The molecule has 1 aliphatic heterocycles. The van der Waals surface area contributed by atoms with Crippen LogP contribution in [0.5, 0.6) is 5.88 Å². The molecule has 2 aromatic rings. The Kier molecular flexibility index (Phi) is 4.01. The van der Waals surface area contributed by atoms with Gasteiger partial charge in [-0.3, -0.25) is 0 Å². The first-order chi connectivity index (χ1) is 11.1. The summed E-state index contributed by atoms with van der Waals surface area (Å²) in [4.78, 5) is 19.5. The first-order valence-electron chi connectivity index (χ1n) is 7.31. The molecule has 4 N–H and O–H groups in total. The van der Waals surface area contributed by atoms with E-state index in [1.807, 2.05) is 12.1 Å². The topological polar surface area (TPSA) is 113 Å². The predicted octanol–water partition coefficient (Wildman–Crippen LogP) is 1.54. The maximum Gasteiger partial charge on any atom is 0.337 e. The highest BCUT2D eigenvalue weighted by Crippen LogP contribution is 2.38. The zero-order valence-corrected chi connectivity index (χ0v) is 12.8. The van der Waals surface area contributed by atoms with E-state index in [9.17, 15) is 4.79 Å². The fourth-order valence-corrected chi connectivity index (χ4v) is 2.73. The number of rotatable bonds is 4. The predicted molar refractivity (Wildman–Crippen MR) is 85.2 cm³/mol. The van der Waals surface area contributed by atoms with Gasteiger partial charge in [0, 0.05) is 5.92 Å². The van der Waals surface area contributed by atoms with Crippen LogP contribution in [0.3, 0.4) is 0 Å². The fraction of sp³-hybridized carbons (Fsp3) is 0.312. The fourth-order valence-electron chi connectivity index (χ4n) is 2.73. The van der Waals surface area contributed by atoms with Crippen molar-refractivity contribution in [2.24, 2.45) is 0 Å². The number of aryl methyl sites for hydroxylation is 1. The van der Waals surface area contributed by atoms with Gasteiger partial charge in [0.15, 0.2) is 0 Å². The Bertz CT molecular complexity index is 731. The molecule has 7 heteroatoms. The molecule has 1 aliphatic rings. The second kappa shape index (κ2) is 6.12. The summed E-state index contributed by atoms with van der Waals surface area (Å²) in [6, 6.07) is 7.37. The van der Waals surface area contributed by atoms with Crippen LogP contribution in [0.25, 0.3) is 0 Å². The van der Waals surface area contributed by atoms with Crippen LogP contribution in [-0.4, -0.2) is 29.7 Å². The summed E-state index contributed by atoms with van der Waals surface area (Å²) in [5.41, 5.74) is 14.0. The van der Waals surface area contributed by atoms with E-state index in [4.69, 9.17) is 16.2 Å². The van der Waals surface area contributed by atoms with Crippen LogP contribution in [0.4, 0.5) is 11.8 Å². The van der Waals surface area contributed by atoms with E-state index >= 15 is 0 Å². The monoisotopic (exact) mass is 314 g/mol. The van der Waals surface area contributed by atoms with Gasteiger partial charge >= 0.3 is 5.97 Å². The lowest BCUT2D eigenvalue weighted by molar-refractivity contribution is 0.0600. The van der Waals surface area contributed by atoms with E-state index in [-0.39, 0.29) is 17.8 Å². The number of anilines is 2. The number of nitrogen functional groups attached to an aromatic ring is 2. The van der Waals surface area contributed by atoms with Gasteiger partial charge in [0.1, 0.15) is 5.82 Å². The van der Waals surface area contributed by atoms with Gasteiger partial charge in [0.05, 0.1) is 24.8 Å². The first-order valence-corrected chi connectivity index (χ1v) is 7.31. The number of fused-ring (bicyclic) bond motifs is 1. The molecule has 0 saturated heterocycles. The van der Waals surface area contributed by atoms with Crippen molar-refractivity contribution in [1.29, 1.82) is 0 Å². The number of esters is 1. The summed E-state index contributed by atoms with van der Waals surface area (Å²) < 4.78 is 10.2. The van der Waals surface area contributed by atoms with Crippen LogP contribution >= 0.6 is 0 Å². The number of carbonyl (C=O) groups is 1. The molecule has 23 heavy (non-hydrogen) atoms. The van der Waals surface area contributed by atoms with Gasteiger partial charge in [0.2, 0.25) is 11.8 Å². The highest BCUT2D eigenvalue weighted by molar-refractivity contribution is 5.89. The average Bonchev–Trinajstić information content (AvgIpc) is 2.95. The van der Waals surface area contributed by atoms with Crippen LogP contribution in [-0.2, 0) is 11.2 Å². The minimum atomic E-state index is -0.336. The van der Waals surface area contributed by atoms with E-state index in [1.54, 1.807) is 12.1 Å². The summed E-state index contributed by atoms with van der Waals surface area (Å²) in [5, 5.41) is 0. The first kappa shape index (κ1) is 15.1. The Morgan fingerprint density at radius 3 is 2.74 bits per heavy atom. The zero-order valence-electron chi connectivity index (χ0n) is 12.8. The molecule has 2 heterocycles. The number of ether oxygens (including phenoxy) is 2. The summed E-state index contributed by atoms with van der Waals surface area (Å²) in [7, 11) is 1.37. The average molecular weight is 314 g/mol. The van der Waals surface area contributed by atoms with Gasteiger partial charge in [-0.05, 0) is 30.5 Å². The zero-order chi connectivity index (χ0) is 16.4. The number of carbonyl (C=O) groups excluding carboxylic acids is 1. The standard InChI is InChI=1S/C16H18N4O3/c1-22-15(21)10-5-2-9(3-6-10)4-7-11-8-23-14-12(11)13(17)19-16(18)20-14/h2-3,5-6,11H,4,7-8H2,1H3,(H4,17,18,19,20). The van der Waals surface area contributed by atoms with Gasteiger partial charge in [0.25, 0.3) is 0 Å². The highest BCUT2D eigenvalue weighted by atomic mass is 16.5. The quantitative estimate of drug-likeness (QED) is 0.823. The number of methoxy groups -OCH3 is 1. The van der Waals surface area contributed by atoms with Gasteiger partial charge < -0.3 is 20.9 Å². The molecule has 0 aliphatic carbocycles. The van der Waals surface area contributed by atoms with E-state index in [1.165, 1.54) is 7.11 Å². The minimum absolute atomic E-state index is 0.125. The Hall–Kier alpha value is -2.83. The number of nitrogens with two attached hydrogens (primary N) is 2. The summed E-state index contributed by atoms with van der Waals surface area (Å²) in [6.07, 6.45) is 1.68. The number of hydrogen-bond donors (Lipinski definition) is 2. The van der Waals surface area contributed by atoms with Crippen molar-refractivity contribution in [2.75, 3.05) is 25.2 Å². The molecule has 0 saturated carbocycles. The highest BCUT2D eigenvalue weighted by Gasteiger charge is 2.29. The van der Waals surface area contributed by atoms with E-state index in [0.29, 0.717) is 23.9 Å². The number of aromatic nitrogens is 2. The minimum Gasteiger partial charge on any atom is -0.477 e. The molecule has 3 rings (SSSR count). The molecule has 7 nitrogen and oxygen atoms in total. The molecule has 0 amide bonds. The largest absolute Gasteiger partial charge is 0.477 e. The van der Waals surface area contributed by atoms with E-state index in [2.05, 4.69) is 14.7 Å². The molecule has 0 fully saturated rings. The van der Waals surface area contributed by atoms with Crippen molar-refractivity contribution >= 4 is 17.7 Å². The lowest BCUT2D eigenvalue weighted by Crippen LogP contribution is -2.07. The van der Waals surface area contributed by atoms with Crippen LogP contribution in [0.1, 0.15) is 33.8 Å². The van der Waals surface area contributed by atoms with Crippen molar-refractivity contribution in [3.63, 3.8) is 0 Å². The molecule has 1 aromatic carbocycles. The van der Waals surface area contributed by atoms with Crippen LogP contribution < -0.4 is 16.2 Å². The Morgan fingerprint density at radius 2 is 2.04 bits per heavy atom. The molecule has 0 spiro atoms. The Balaban J connectivity index is 1.68. The van der Waals surface area contributed by atoms with Crippen molar-refractivity contribution in [3.8, 4) is 5.88 Å². The summed E-state index contributed by atoms with van der Waals surface area (Å²) in [6.45, 7) is 0.526. The number of hydrogen-bond acceptors (Lipinski definition) is 7. The SMILES string of the molecule is COC(=O)c1ccc(CCC2COc3nc(N)nc(N)c32)cc1. The molecule has 1 aromatic heterocycles. The number of nitrogens with zero attached hydrogens (tertiary/aromatic N) is 2. The molecule has 1 atom stereocenters. The Morgan fingerprint density at radius 1 is 1.30 bits per heavy atom. The second-order valence-corrected chi connectivity index (χ2v) is 5.42. The third-order valence-corrected chi connectivity index (χ3v) is 3.94. The molecule has 0 radical (unpaired) electrons. The molecular formula is C16H18N4O3. The lowest BCUT2D eigenvalue weighted by atomic mass is 9.95. The van der Waals surface area contributed by atoms with Crippen LogP contribution in [0.2, 0.25) is 0 Å². The van der Waals surface area contributed by atoms with Crippen molar-refractivity contribution in [1.82, 2.24) is 9.97 Å². The van der Waals surface area contributed by atoms with Gasteiger partial charge in [-0.25, -0.2) is 4.79 Å². The number of benzene rings is 1. The molecular weight excluding hydrogens is 296 g/mol. The smallest absolute Gasteiger partial charge is 0.337 e. The van der Waals surface area contributed by atoms with Crippen LogP contribution in [0, 0.1) is 0 Å². The van der Waals surface area contributed by atoms with E-state index in [0.717, 1.165) is 24.0 Å². The van der Waals surface area contributed by atoms with Crippen molar-refractivity contribution in [3.05, 3.63) is 41.0 Å². The Labute approximate surface area is 133 Å². The normalized spacial score (nSPS) is 15.8. The maximum atomic E-state index is 11.4. The molecule has 0 bridgehead atoms. The maximum absolute atomic E-state index is 11.4. The van der Waals surface area contributed by atoms with Gasteiger partial charge in [-0.1, -0.05) is 12.1 Å². The molecule has 1 unspecified atom stereocenters. The van der Waals surface area contributed by atoms with Gasteiger partial charge in [-0.15, -0.1) is 0 Å². The lowest BCUT2D eigenvalue weighted by Gasteiger charge is -2.10. The third kappa shape index (κ3) is 3.03. The van der Waals surface area contributed by atoms with Crippen molar-refractivity contribution < 1.29 is 14.3 Å². The van der Waals surface area contributed by atoms with Crippen LogP contribution in [0.15, 0.2) is 24.3 Å². The summed E-state index contributed by atoms with van der Waals surface area (Å²) >= 11 is 0.